The molecule has 5 heteroatoms. The van der Waals surface area contributed by atoms with Crippen molar-refractivity contribution in [3.05, 3.63) is 40.0 Å². The van der Waals surface area contributed by atoms with Crippen LogP contribution in [0, 0.1) is 0 Å². The first-order valence-corrected chi connectivity index (χ1v) is 5.82. The van der Waals surface area contributed by atoms with E-state index in [4.69, 9.17) is 23.2 Å². The van der Waals surface area contributed by atoms with E-state index in [-0.39, 0.29) is 0 Å². The smallest absolute Gasteiger partial charge is 0.332 e. The summed E-state index contributed by atoms with van der Waals surface area (Å²) < 4.78 is 4.56. The van der Waals surface area contributed by atoms with Gasteiger partial charge in [0.1, 0.15) is 0 Å². The van der Waals surface area contributed by atoms with Crippen molar-refractivity contribution in [2.75, 3.05) is 12.4 Å². The largest absolute Gasteiger partial charge is 0.466 e. The molecule has 17 heavy (non-hydrogen) atoms. The van der Waals surface area contributed by atoms with Gasteiger partial charge < -0.3 is 10.1 Å². The van der Waals surface area contributed by atoms with Gasteiger partial charge in [0.2, 0.25) is 0 Å². The van der Waals surface area contributed by atoms with Crippen LogP contribution in [0.3, 0.4) is 0 Å². The molecule has 0 atom stereocenters. The van der Waals surface area contributed by atoms with E-state index < -0.39 is 5.97 Å². The van der Waals surface area contributed by atoms with E-state index in [2.05, 4.69) is 10.1 Å². The number of carbonyl (C=O) groups is 1. The van der Waals surface area contributed by atoms with Crippen molar-refractivity contribution in [2.45, 2.75) is 13.3 Å². The van der Waals surface area contributed by atoms with Gasteiger partial charge in [-0.2, -0.15) is 0 Å². The Morgan fingerprint density at radius 2 is 1.94 bits per heavy atom. The lowest BCUT2D eigenvalue weighted by molar-refractivity contribution is -0.134. The number of hydrogen-bond donors (Lipinski definition) is 1. The van der Waals surface area contributed by atoms with Gasteiger partial charge in [-0.25, -0.2) is 4.79 Å². The SMILES string of the molecule is CC/C(=C\C(=O)OC)Nc1cc(Cl)cc(Cl)c1. The molecule has 0 heterocycles. The fourth-order valence-corrected chi connectivity index (χ4v) is 1.77. The van der Waals surface area contributed by atoms with Crippen LogP contribution in [-0.4, -0.2) is 13.1 Å². The molecule has 0 saturated carbocycles. The van der Waals surface area contributed by atoms with Crippen molar-refractivity contribution >= 4 is 34.9 Å². The molecule has 0 bridgehead atoms. The molecule has 1 rings (SSSR count). The topological polar surface area (TPSA) is 38.3 Å². The summed E-state index contributed by atoms with van der Waals surface area (Å²) in [5, 5.41) is 4.14. The molecule has 3 nitrogen and oxygen atoms in total. The second kappa shape index (κ2) is 6.52. The summed E-state index contributed by atoms with van der Waals surface area (Å²) in [4.78, 5) is 11.1. The average molecular weight is 274 g/mol. The summed E-state index contributed by atoms with van der Waals surface area (Å²) in [5.74, 6) is -0.400. The second-order valence-corrected chi connectivity index (χ2v) is 4.20. The molecular weight excluding hydrogens is 261 g/mol. The van der Waals surface area contributed by atoms with Gasteiger partial charge in [-0.3, -0.25) is 0 Å². The monoisotopic (exact) mass is 273 g/mol. The molecule has 0 spiro atoms. The molecule has 0 saturated heterocycles. The number of nitrogens with one attached hydrogen (secondary N) is 1. The van der Waals surface area contributed by atoms with Crippen LogP contribution in [0.15, 0.2) is 30.0 Å². The molecule has 1 N–H and O–H groups in total. The minimum absolute atomic E-state index is 0.400. The summed E-state index contributed by atoms with van der Waals surface area (Å²) in [5.41, 5.74) is 1.47. The fourth-order valence-electron chi connectivity index (χ4n) is 1.24. The van der Waals surface area contributed by atoms with Crippen LogP contribution in [0.2, 0.25) is 10.0 Å². The maximum atomic E-state index is 11.1. The molecule has 0 aliphatic heterocycles. The molecule has 1 aromatic rings. The Labute approximate surface area is 110 Å². The number of halogens is 2. The number of methoxy groups -OCH3 is 1. The standard InChI is InChI=1S/C12H13Cl2NO2/c1-3-10(7-12(16)17-2)15-11-5-8(13)4-9(14)6-11/h4-7,15H,3H2,1-2H3/b10-7+. The van der Waals surface area contributed by atoms with Gasteiger partial charge >= 0.3 is 5.97 Å². The van der Waals surface area contributed by atoms with Gasteiger partial charge in [-0.05, 0) is 24.6 Å². The van der Waals surface area contributed by atoms with Crippen LogP contribution in [0.5, 0.6) is 0 Å². The molecule has 0 aliphatic rings. The highest BCUT2D eigenvalue weighted by Crippen LogP contribution is 2.23. The number of rotatable bonds is 4. The van der Waals surface area contributed by atoms with Crippen LogP contribution >= 0.6 is 23.2 Å². The lowest BCUT2D eigenvalue weighted by Gasteiger charge is -2.09. The maximum absolute atomic E-state index is 11.1. The van der Waals surface area contributed by atoms with Gasteiger partial charge in [0.25, 0.3) is 0 Å². The van der Waals surface area contributed by atoms with Crippen molar-refractivity contribution < 1.29 is 9.53 Å². The van der Waals surface area contributed by atoms with E-state index in [1.807, 2.05) is 6.92 Å². The number of anilines is 1. The summed E-state index contributed by atoms with van der Waals surface area (Å²) in [6, 6.07) is 5.10. The highest BCUT2D eigenvalue weighted by Gasteiger charge is 2.02. The first-order chi connectivity index (χ1) is 8.05. The van der Waals surface area contributed by atoms with E-state index in [9.17, 15) is 4.79 Å². The maximum Gasteiger partial charge on any atom is 0.332 e. The van der Waals surface area contributed by atoms with E-state index in [0.29, 0.717) is 16.5 Å². The predicted octanol–water partition coefficient (Wildman–Crippen LogP) is 3.87. The Bertz CT molecular complexity index is 424. The molecule has 0 amide bonds. The van der Waals surface area contributed by atoms with Gasteiger partial charge in [0.05, 0.1) is 7.11 Å². The van der Waals surface area contributed by atoms with Gasteiger partial charge in [0.15, 0.2) is 0 Å². The first-order valence-electron chi connectivity index (χ1n) is 5.06. The van der Waals surface area contributed by atoms with Gasteiger partial charge in [0, 0.05) is 27.5 Å². The van der Waals surface area contributed by atoms with E-state index in [0.717, 1.165) is 11.4 Å². The Morgan fingerprint density at radius 3 is 2.41 bits per heavy atom. The van der Waals surface area contributed by atoms with Crippen LogP contribution in [0.1, 0.15) is 13.3 Å². The third-order valence-corrected chi connectivity index (χ3v) is 2.48. The predicted molar refractivity (Wildman–Crippen MR) is 70.5 cm³/mol. The van der Waals surface area contributed by atoms with Crippen molar-refractivity contribution in [1.82, 2.24) is 0 Å². The molecule has 92 valence electrons. The van der Waals surface area contributed by atoms with Crippen molar-refractivity contribution in [2.24, 2.45) is 0 Å². The zero-order valence-electron chi connectivity index (χ0n) is 9.59. The number of allylic oxidation sites excluding steroid dienone is 1. The fraction of sp³-hybridized carbons (Fsp3) is 0.250. The number of hydrogen-bond acceptors (Lipinski definition) is 3. The van der Waals surface area contributed by atoms with Gasteiger partial charge in [-0.1, -0.05) is 30.1 Å². The minimum atomic E-state index is -0.400. The molecule has 0 unspecified atom stereocenters. The quantitative estimate of drug-likeness (QED) is 0.669. The summed E-state index contributed by atoms with van der Waals surface area (Å²) in [6.45, 7) is 1.92. The molecule has 0 aliphatic carbocycles. The van der Waals surface area contributed by atoms with Crippen molar-refractivity contribution in [1.29, 1.82) is 0 Å². The highest BCUT2D eigenvalue weighted by molar-refractivity contribution is 6.35. The lowest BCUT2D eigenvalue weighted by atomic mass is 10.2. The zero-order chi connectivity index (χ0) is 12.8. The van der Waals surface area contributed by atoms with Crippen LogP contribution in [0.25, 0.3) is 0 Å². The summed E-state index contributed by atoms with van der Waals surface area (Å²) in [7, 11) is 1.34. The molecule has 0 aromatic heterocycles. The molecule has 0 radical (unpaired) electrons. The Balaban J connectivity index is 2.87. The molecule has 1 aromatic carbocycles. The Hall–Kier alpha value is -1.19. The van der Waals surface area contributed by atoms with E-state index in [1.165, 1.54) is 13.2 Å². The highest BCUT2D eigenvalue weighted by atomic mass is 35.5. The summed E-state index contributed by atoms with van der Waals surface area (Å²) in [6.07, 6.45) is 2.06. The Morgan fingerprint density at radius 1 is 1.35 bits per heavy atom. The van der Waals surface area contributed by atoms with Crippen LogP contribution in [-0.2, 0) is 9.53 Å². The van der Waals surface area contributed by atoms with Crippen molar-refractivity contribution in [3.63, 3.8) is 0 Å². The van der Waals surface area contributed by atoms with Crippen LogP contribution in [0.4, 0.5) is 5.69 Å². The Kier molecular flexibility index (Phi) is 5.32. The molecular formula is C12H13Cl2NO2. The first kappa shape index (κ1) is 13.9. The third-order valence-electron chi connectivity index (χ3n) is 2.04. The number of esters is 1. The minimum Gasteiger partial charge on any atom is -0.466 e. The number of carbonyl (C=O) groups excluding carboxylic acids is 1. The third kappa shape index (κ3) is 4.67. The lowest BCUT2D eigenvalue weighted by Crippen LogP contribution is -2.04. The van der Waals surface area contributed by atoms with Crippen molar-refractivity contribution in [3.8, 4) is 0 Å². The molecule has 0 fully saturated rings. The van der Waals surface area contributed by atoms with Crippen LogP contribution < -0.4 is 5.32 Å². The average Bonchev–Trinajstić information content (AvgIpc) is 2.26. The van der Waals surface area contributed by atoms with Gasteiger partial charge in [-0.15, -0.1) is 0 Å². The van der Waals surface area contributed by atoms with E-state index in [1.54, 1.807) is 18.2 Å². The van der Waals surface area contributed by atoms with E-state index >= 15 is 0 Å². The zero-order valence-corrected chi connectivity index (χ0v) is 11.1. The number of ether oxygens (including phenoxy) is 1. The second-order valence-electron chi connectivity index (χ2n) is 3.33. The summed E-state index contributed by atoms with van der Waals surface area (Å²) >= 11 is 11.7. The normalized spacial score (nSPS) is 11.2. The number of benzene rings is 1.